The Labute approximate surface area is 200 Å². The number of ether oxygens (including phenoxy) is 1. The number of rotatable bonds is 8. The first-order valence-corrected chi connectivity index (χ1v) is 12.0. The van der Waals surface area contributed by atoms with E-state index in [0.717, 1.165) is 16.1 Å². The molecule has 0 fully saturated rings. The molecule has 0 saturated heterocycles. The van der Waals surface area contributed by atoms with Gasteiger partial charge in [-0.1, -0.05) is 42.1 Å². The van der Waals surface area contributed by atoms with Gasteiger partial charge in [-0.05, 0) is 48.2 Å². The molecule has 2 aromatic carbocycles. The molecule has 9 heteroatoms. The van der Waals surface area contributed by atoms with Crippen LogP contribution >= 0.6 is 23.1 Å². The molecule has 1 atom stereocenters. The minimum atomic E-state index is -0.433. The zero-order valence-corrected chi connectivity index (χ0v) is 20.1. The smallest absolute Gasteiger partial charge is 0.235 e. The molecule has 0 saturated carbocycles. The van der Waals surface area contributed by atoms with Crippen LogP contribution in [0.25, 0.3) is 16.4 Å². The zero-order valence-electron chi connectivity index (χ0n) is 18.4. The van der Waals surface area contributed by atoms with Crippen molar-refractivity contribution in [2.75, 3.05) is 14.2 Å². The van der Waals surface area contributed by atoms with Gasteiger partial charge in [0, 0.05) is 13.6 Å². The molecule has 0 aliphatic heterocycles. The van der Waals surface area contributed by atoms with Crippen LogP contribution in [0.2, 0.25) is 0 Å². The normalized spacial score (nSPS) is 11.9. The Bertz CT molecular complexity index is 1240. The number of benzene rings is 2. The van der Waals surface area contributed by atoms with Gasteiger partial charge in [0.05, 0.1) is 22.9 Å². The third-order valence-electron chi connectivity index (χ3n) is 5.02. The Morgan fingerprint density at radius 3 is 2.73 bits per heavy atom. The molecule has 170 valence electrons. The van der Waals surface area contributed by atoms with Gasteiger partial charge in [-0.3, -0.25) is 9.36 Å². The summed E-state index contributed by atoms with van der Waals surface area (Å²) in [6, 6.07) is 17.9. The Morgan fingerprint density at radius 1 is 1.18 bits per heavy atom. The maximum absolute atomic E-state index is 13.5. The number of thioether (sulfide) groups is 1. The number of halogens is 1. The second-order valence-electron chi connectivity index (χ2n) is 7.38. The Hall–Kier alpha value is -3.17. The van der Waals surface area contributed by atoms with Gasteiger partial charge in [-0.2, -0.15) is 0 Å². The predicted octanol–water partition coefficient (Wildman–Crippen LogP) is 5.28. The molecule has 0 N–H and O–H groups in total. The van der Waals surface area contributed by atoms with Crippen molar-refractivity contribution in [1.29, 1.82) is 0 Å². The summed E-state index contributed by atoms with van der Waals surface area (Å²) in [5, 5.41) is 11.0. The molecule has 1 amide bonds. The molecule has 0 bridgehead atoms. The van der Waals surface area contributed by atoms with Crippen LogP contribution < -0.4 is 4.74 Å². The van der Waals surface area contributed by atoms with Gasteiger partial charge in [-0.25, -0.2) is 4.39 Å². The molecular weight excluding hydrogens is 459 g/mol. The predicted molar refractivity (Wildman–Crippen MR) is 129 cm³/mol. The van der Waals surface area contributed by atoms with Crippen LogP contribution in [0, 0.1) is 5.82 Å². The number of carbonyl (C=O) groups is 1. The number of carbonyl (C=O) groups excluding carboxylic acids is 1. The molecule has 4 rings (SSSR count). The van der Waals surface area contributed by atoms with E-state index in [1.807, 2.05) is 53.3 Å². The molecule has 0 aliphatic carbocycles. The lowest BCUT2D eigenvalue weighted by atomic mass is 10.2. The fraction of sp³-hybridized carbons (Fsp3) is 0.208. The van der Waals surface area contributed by atoms with E-state index in [2.05, 4.69) is 10.2 Å². The first-order valence-electron chi connectivity index (χ1n) is 10.3. The fourth-order valence-electron chi connectivity index (χ4n) is 3.45. The molecule has 1 unspecified atom stereocenters. The Balaban J connectivity index is 1.62. The van der Waals surface area contributed by atoms with Gasteiger partial charge in [-0.15, -0.1) is 21.5 Å². The summed E-state index contributed by atoms with van der Waals surface area (Å²) in [4.78, 5) is 15.6. The number of aromatic nitrogens is 3. The molecule has 0 radical (unpaired) electrons. The maximum atomic E-state index is 13.5. The average molecular weight is 483 g/mol. The van der Waals surface area contributed by atoms with E-state index in [1.54, 1.807) is 42.5 Å². The number of para-hydroxylation sites is 2. The average Bonchev–Trinajstić information content (AvgIpc) is 3.48. The van der Waals surface area contributed by atoms with Crippen LogP contribution in [0.3, 0.4) is 0 Å². The van der Waals surface area contributed by atoms with Crippen molar-refractivity contribution in [3.63, 3.8) is 0 Å². The van der Waals surface area contributed by atoms with E-state index in [1.165, 1.54) is 23.9 Å². The molecule has 0 aliphatic rings. The summed E-state index contributed by atoms with van der Waals surface area (Å²) >= 11 is 2.89. The van der Waals surface area contributed by atoms with Crippen LogP contribution in [0.15, 0.2) is 71.2 Å². The number of hydrogen-bond donors (Lipinski definition) is 0. The van der Waals surface area contributed by atoms with Crippen LogP contribution in [-0.4, -0.2) is 45.0 Å². The third-order valence-corrected chi connectivity index (χ3v) is 6.91. The van der Waals surface area contributed by atoms with Crippen molar-refractivity contribution in [1.82, 2.24) is 19.7 Å². The highest BCUT2D eigenvalue weighted by Crippen LogP contribution is 2.35. The summed E-state index contributed by atoms with van der Waals surface area (Å²) < 4.78 is 21.0. The van der Waals surface area contributed by atoms with Gasteiger partial charge < -0.3 is 9.64 Å². The van der Waals surface area contributed by atoms with Crippen LogP contribution in [0.1, 0.15) is 12.5 Å². The van der Waals surface area contributed by atoms with Gasteiger partial charge in [0.2, 0.25) is 5.91 Å². The van der Waals surface area contributed by atoms with Crippen molar-refractivity contribution in [3.8, 4) is 22.1 Å². The summed E-state index contributed by atoms with van der Waals surface area (Å²) in [7, 11) is 3.33. The molecular formula is C24H23FN4O2S2. The number of thiophene rings is 1. The SMILES string of the molecule is COc1ccccc1-n1c(SC(C)C(=O)N(C)Cc2cccc(F)c2)nnc1-c1cccs1. The fourth-order valence-corrected chi connectivity index (χ4v) is 5.12. The lowest BCUT2D eigenvalue weighted by molar-refractivity contribution is -0.129. The summed E-state index contributed by atoms with van der Waals surface area (Å²) in [6.07, 6.45) is 0. The minimum absolute atomic E-state index is 0.0866. The first kappa shape index (κ1) is 23.0. The molecule has 0 spiro atoms. The summed E-state index contributed by atoms with van der Waals surface area (Å²) in [5.41, 5.74) is 1.53. The lowest BCUT2D eigenvalue weighted by Crippen LogP contribution is -2.33. The van der Waals surface area contributed by atoms with Crippen molar-refractivity contribution in [3.05, 3.63) is 77.4 Å². The highest BCUT2D eigenvalue weighted by molar-refractivity contribution is 8.00. The standard InChI is InChI=1S/C24H23FN4O2S2/c1-16(23(30)28(2)15-17-8-6-9-18(25)14-17)33-24-27-26-22(21-12-7-13-32-21)29(24)19-10-4-5-11-20(19)31-3/h4-14,16H,15H2,1-3H3. The zero-order chi connectivity index (χ0) is 23.4. The van der Waals surface area contributed by atoms with Gasteiger partial charge in [0.25, 0.3) is 0 Å². The molecule has 2 heterocycles. The van der Waals surface area contributed by atoms with Crippen LogP contribution in [0.4, 0.5) is 4.39 Å². The third kappa shape index (κ3) is 5.09. The topological polar surface area (TPSA) is 60.2 Å². The van der Waals surface area contributed by atoms with Crippen molar-refractivity contribution in [2.45, 2.75) is 23.9 Å². The van der Waals surface area contributed by atoms with Crippen molar-refractivity contribution >= 4 is 29.0 Å². The second kappa shape index (κ2) is 10.2. The first-order chi connectivity index (χ1) is 16.0. The number of methoxy groups -OCH3 is 1. The van der Waals surface area contributed by atoms with Crippen LogP contribution in [-0.2, 0) is 11.3 Å². The molecule has 2 aromatic heterocycles. The molecule has 4 aromatic rings. The van der Waals surface area contributed by atoms with Gasteiger partial charge >= 0.3 is 0 Å². The molecule has 33 heavy (non-hydrogen) atoms. The minimum Gasteiger partial charge on any atom is -0.495 e. The highest BCUT2D eigenvalue weighted by atomic mass is 32.2. The van der Waals surface area contributed by atoms with E-state index in [9.17, 15) is 9.18 Å². The van der Waals surface area contributed by atoms with E-state index < -0.39 is 5.25 Å². The Kier molecular flexibility index (Phi) is 7.10. The summed E-state index contributed by atoms with van der Waals surface area (Å²) in [6.45, 7) is 2.16. The largest absolute Gasteiger partial charge is 0.495 e. The lowest BCUT2D eigenvalue weighted by Gasteiger charge is -2.21. The number of nitrogens with zero attached hydrogens (tertiary/aromatic N) is 4. The molecule has 6 nitrogen and oxygen atoms in total. The second-order valence-corrected chi connectivity index (χ2v) is 9.63. The maximum Gasteiger partial charge on any atom is 0.235 e. The van der Waals surface area contributed by atoms with Crippen molar-refractivity contribution in [2.24, 2.45) is 0 Å². The number of hydrogen-bond acceptors (Lipinski definition) is 6. The highest BCUT2D eigenvalue weighted by Gasteiger charge is 2.25. The van der Waals surface area contributed by atoms with Crippen molar-refractivity contribution < 1.29 is 13.9 Å². The van der Waals surface area contributed by atoms with E-state index >= 15 is 0 Å². The van der Waals surface area contributed by atoms with Gasteiger partial charge in [0.1, 0.15) is 11.6 Å². The quantitative estimate of drug-likeness (QED) is 0.320. The van der Waals surface area contributed by atoms with E-state index in [4.69, 9.17) is 4.74 Å². The Morgan fingerprint density at radius 2 is 2.00 bits per heavy atom. The van der Waals surface area contributed by atoms with E-state index in [0.29, 0.717) is 23.3 Å². The van der Waals surface area contributed by atoms with E-state index in [-0.39, 0.29) is 11.7 Å². The number of amides is 1. The summed E-state index contributed by atoms with van der Waals surface area (Å²) in [5.74, 6) is 0.960. The monoisotopic (exact) mass is 482 g/mol. The van der Waals surface area contributed by atoms with Crippen LogP contribution in [0.5, 0.6) is 5.75 Å². The van der Waals surface area contributed by atoms with Gasteiger partial charge in [0.15, 0.2) is 11.0 Å².